The molecule has 0 atom stereocenters. The summed E-state index contributed by atoms with van der Waals surface area (Å²) in [5.41, 5.74) is 1.49. The molecule has 1 aliphatic rings. The maximum atomic E-state index is 12.8. The molecule has 1 saturated carbocycles. The first kappa shape index (κ1) is 15.8. The molecule has 1 N–H and O–H groups in total. The highest BCUT2D eigenvalue weighted by Crippen LogP contribution is 2.25. The number of nitrogens with one attached hydrogen (secondary N) is 1. The Hall–Kier alpha value is -1.58. The molecule has 0 aromatic carbocycles. The lowest BCUT2D eigenvalue weighted by atomic mass is 10.1. The Balaban J connectivity index is 2.15. The van der Waals surface area contributed by atoms with Crippen molar-refractivity contribution in [3.05, 3.63) is 24.0 Å². The summed E-state index contributed by atoms with van der Waals surface area (Å²) in [5.74, 6) is 0.693. The van der Waals surface area contributed by atoms with E-state index in [0.717, 1.165) is 31.5 Å². The first-order valence-electron chi connectivity index (χ1n) is 8.06. The summed E-state index contributed by atoms with van der Waals surface area (Å²) in [5, 5.41) is 3.07. The van der Waals surface area contributed by atoms with Crippen LogP contribution >= 0.6 is 0 Å². The molecule has 1 aromatic rings. The lowest BCUT2D eigenvalue weighted by Crippen LogP contribution is -2.40. The standard InChI is InChI=1S/C17H27N3O/c1-13(2)9-11-20(15-6-4-5-7-15)17(21)16-12-14(18-3)8-10-19-16/h8,10,12-13,15H,4-7,9,11H2,1-3H3,(H,18,19). The van der Waals surface area contributed by atoms with E-state index in [0.29, 0.717) is 17.7 Å². The van der Waals surface area contributed by atoms with Gasteiger partial charge in [0.05, 0.1) is 0 Å². The molecule has 0 saturated heterocycles. The maximum Gasteiger partial charge on any atom is 0.272 e. The fourth-order valence-electron chi connectivity index (χ4n) is 2.91. The molecule has 0 radical (unpaired) electrons. The lowest BCUT2D eigenvalue weighted by molar-refractivity contribution is 0.0666. The Morgan fingerprint density at radius 1 is 1.43 bits per heavy atom. The second kappa shape index (κ2) is 7.43. The van der Waals surface area contributed by atoms with Gasteiger partial charge >= 0.3 is 0 Å². The second-order valence-corrected chi connectivity index (χ2v) is 6.30. The van der Waals surface area contributed by atoms with Crippen LogP contribution in [0.25, 0.3) is 0 Å². The molecule has 116 valence electrons. The van der Waals surface area contributed by atoms with Crippen molar-refractivity contribution in [2.45, 2.75) is 52.0 Å². The van der Waals surface area contributed by atoms with E-state index in [4.69, 9.17) is 0 Å². The van der Waals surface area contributed by atoms with Gasteiger partial charge in [-0.05, 0) is 37.3 Å². The van der Waals surface area contributed by atoms with Crippen molar-refractivity contribution in [3.63, 3.8) is 0 Å². The van der Waals surface area contributed by atoms with Gasteiger partial charge in [0.1, 0.15) is 5.69 Å². The molecule has 4 heteroatoms. The van der Waals surface area contributed by atoms with E-state index in [2.05, 4.69) is 29.0 Å². The highest BCUT2D eigenvalue weighted by molar-refractivity contribution is 5.93. The number of amides is 1. The van der Waals surface area contributed by atoms with Gasteiger partial charge in [0, 0.05) is 31.5 Å². The van der Waals surface area contributed by atoms with Crippen molar-refractivity contribution in [3.8, 4) is 0 Å². The number of aromatic nitrogens is 1. The van der Waals surface area contributed by atoms with Crippen LogP contribution in [0.1, 0.15) is 56.4 Å². The number of nitrogens with zero attached hydrogens (tertiary/aromatic N) is 2. The van der Waals surface area contributed by atoms with E-state index >= 15 is 0 Å². The fourth-order valence-corrected chi connectivity index (χ4v) is 2.91. The number of pyridine rings is 1. The predicted octanol–water partition coefficient (Wildman–Crippen LogP) is 3.55. The van der Waals surface area contributed by atoms with Crippen LogP contribution < -0.4 is 5.32 Å². The zero-order valence-electron chi connectivity index (χ0n) is 13.4. The van der Waals surface area contributed by atoms with E-state index < -0.39 is 0 Å². The number of anilines is 1. The number of rotatable bonds is 6. The smallest absolute Gasteiger partial charge is 0.272 e. The molecule has 1 amide bonds. The second-order valence-electron chi connectivity index (χ2n) is 6.30. The van der Waals surface area contributed by atoms with Crippen molar-refractivity contribution in [1.82, 2.24) is 9.88 Å². The predicted molar refractivity (Wildman–Crippen MR) is 86.5 cm³/mol. The van der Waals surface area contributed by atoms with Gasteiger partial charge in [-0.2, -0.15) is 0 Å². The van der Waals surface area contributed by atoms with Gasteiger partial charge in [-0.25, -0.2) is 0 Å². The van der Waals surface area contributed by atoms with E-state index in [1.165, 1.54) is 12.8 Å². The zero-order valence-corrected chi connectivity index (χ0v) is 13.4. The Bertz CT molecular complexity index is 467. The summed E-state index contributed by atoms with van der Waals surface area (Å²) in [6, 6.07) is 4.13. The van der Waals surface area contributed by atoms with Crippen LogP contribution in [0.15, 0.2) is 18.3 Å². The number of carbonyl (C=O) groups excluding carboxylic acids is 1. The molecule has 1 fully saturated rings. The van der Waals surface area contributed by atoms with Gasteiger partial charge in [-0.1, -0.05) is 26.7 Å². The summed E-state index contributed by atoms with van der Waals surface area (Å²) in [6.45, 7) is 5.25. The lowest BCUT2D eigenvalue weighted by Gasteiger charge is -2.29. The van der Waals surface area contributed by atoms with Gasteiger partial charge in [-0.3, -0.25) is 9.78 Å². The maximum absolute atomic E-state index is 12.8. The minimum absolute atomic E-state index is 0.0830. The summed E-state index contributed by atoms with van der Waals surface area (Å²) in [4.78, 5) is 19.2. The highest BCUT2D eigenvalue weighted by Gasteiger charge is 2.28. The van der Waals surface area contributed by atoms with Crippen LogP contribution in [-0.4, -0.2) is 35.4 Å². The molecular weight excluding hydrogens is 262 g/mol. The molecule has 4 nitrogen and oxygen atoms in total. The van der Waals surface area contributed by atoms with E-state index in [9.17, 15) is 4.79 Å². The largest absolute Gasteiger partial charge is 0.388 e. The first-order chi connectivity index (χ1) is 10.1. The molecule has 2 rings (SSSR count). The van der Waals surface area contributed by atoms with Crippen LogP contribution in [0.2, 0.25) is 0 Å². The zero-order chi connectivity index (χ0) is 15.2. The van der Waals surface area contributed by atoms with Crippen molar-refractivity contribution < 1.29 is 4.79 Å². The number of hydrogen-bond acceptors (Lipinski definition) is 3. The minimum Gasteiger partial charge on any atom is -0.388 e. The van der Waals surface area contributed by atoms with E-state index in [1.807, 2.05) is 19.2 Å². The third-order valence-corrected chi connectivity index (χ3v) is 4.24. The molecule has 0 aliphatic heterocycles. The van der Waals surface area contributed by atoms with E-state index in [-0.39, 0.29) is 5.91 Å². The summed E-state index contributed by atoms with van der Waals surface area (Å²) < 4.78 is 0. The molecule has 21 heavy (non-hydrogen) atoms. The van der Waals surface area contributed by atoms with Gasteiger partial charge in [0.2, 0.25) is 0 Å². The number of carbonyl (C=O) groups is 1. The first-order valence-corrected chi connectivity index (χ1v) is 8.06. The Labute approximate surface area is 127 Å². The Morgan fingerprint density at radius 3 is 2.76 bits per heavy atom. The van der Waals surface area contributed by atoms with Gasteiger partial charge in [0.25, 0.3) is 5.91 Å². The van der Waals surface area contributed by atoms with Crippen molar-refractivity contribution in [2.75, 3.05) is 18.9 Å². The molecule has 0 bridgehead atoms. The monoisotopic (exact) mass is 289 g/mol. The molecule has 1 heterocycles. The van der Waals surface area contributed by atoms with Crippen LogP contribution in [-0.2, 0) is 0 Å². The summed E-state index contributed by atoms with van der Waals surface area (Å²) in [6.07, 6.45) is 7.49. The van der Waals surface area contributed by atoms with Crippen molar-refractivity contribution in [1.29, 1.82) is 0 Å². The van der Waals surface area contributed by atoms with E-state index in [1.54, 1.807) is 6.20 Å². The third-order valence-electron chi connectivity index (χ3n) is 4.24. The third kappa shape index (κ3) is 4.19. The molecule has 1 aromatic heterocycles. The summed E-state index contributed by atoms with van der Waals surface area (Å²) in [7, 11) is 1.86. The highest BCUT2D eigenvalue weighted by atomic mass is 16.2. The molecule has 0 unspecified atom stereocenters. The molecule has 1 aliphatic carbocycles. The normalized spacial score (nSPS) is 15.4. The Morgan fingerprint density at radius 2 is 2.14 bits per heavy atom. The average Bonchev–Trinajstić information content (AvgIpc) is 3.01. The fraction of sp³-hybridized carbons (Fsp3) is 0.647. The van der Waals surface area contributed by atoms with Crippen LogP contribution in [0.4, 0.5) is 5.69 Å². The quantitative estimate of drug-likeness (QED) is 0.871. The van der Waals surface area contributed by atoms with Crippen LogP contribution in [0, 0.1) is 5.92 Å². The van der Waals surface area contributed by atoms with Crippen LogP contribution in [0.5, 0.6) is 0 Å². The van der Waals surface area contributed by atoms with Crippen LogP contribution in [0.3, 0.4) is 0 Å². The topological polar surface area (TPSA) is 45.2 Å². The van der Waals surface area contributed by atoms with Crippen molar-refractivity contribution >= 4 is 11.6 Å². The minimum atomic E-state index is 0.0830. The SMILES string of the molecule is CNc1ccnc(C(=O)N(CCC(C)C)C2CCCC2)c1. The van der Waals surface area contributed by atoms with Gasteiger partial charge in [-0.15, -0.1) is 0 Å². The number of hydrogen-bond donors (Lipinski definition) is 1. The molecule has 0 spiro atoms. The van der Waals surface area contributed by atoms with Gasteiger partial charge < -0.3 is 10.2 Å². The average molecular weight is 289 g/mol. The van der Waals surface area contributed by atoms with Crippen molar-refractivity contribution in [2.24, 2.45) is 5.92 Å². The molecular formula is C17H27N3O. The Kier molecular flexibility index (Phi) is 5.59. The van der Waals surface area contributed by atoms with Gasteiger partial charge in [0.15, 0.2) is 0 Å². The summed E-state index contributed by atoms with van der Waals surface area (Å²) >= 11 is 0.